The molecule has 0 spiro atoms. The second-order valence-electron chi connectivity index (χ2n) is 8.75. The summed E-state index contributed by atoms with van der Waals surface area (Å²) >= 11 is 5.99. The standard InChI is InChI=1S/C25H31ClN4O2/c26-22-5-3-20(4-6-22)18-30-15-1-2-23(30)25(32)29-16-10-21(11-17-29)24(31)28-14-9-19-7-12-27-13-8-19/h3-8,12-13,21,23H,1-2,9-11,14-18H2,(H,28,31)/t23-/m1/s1. The number of aromatic nitrogens is 1. The minimum atomic E-state index is -0.0589. The van der Waals surface area contributed by atoms with Gasteiger partial charge in [0.1, 0.15) is 0 Å². The molecule has 3 heterocycles. The van der Waals surface area contributed by atoms with Gasteiger partial charge in [-0.25, -0.2) is 0 Å². The molecule has 1 aromatic carbocycles. The van der Waals surface area contributed by atoms with Gasteiger partial charge in [-0.05, 0) is 74.0 Å². The molecule has 1 N–H and O–H groups in total. The summed E-state index contributed by atoms with van der Waals surface area (Å²) in [7, 11) is 0. The molecule has 4 rings (SSSR count). The molecule has 2 amide bonds. The number of nitrogens with zero attached hydrogens (tertiary/aromatic N) is 3. The lowest BCUT2D eigenvalue weighted by molar-refractivity contribution is -0.139. The number of hydrogen-bond acceptors (Lipinski definition) is 4. The Morgan fingerprint density at radius 3 is 2.41 bits per heavy atom. The van der Waals surface area contributed by atoms with Crippen LogP contribution < -0.4 is 5.32 Å². The van der Waals surface area contributed by atoms with Crippen molar-refractivity contribution in [2.45, 2.75) is 44.7 Å². The van der Waals surface area contributed by atoms with E-state index in [1.807, 2.05) is 41.3 Å². The second-order valence-corrected chi connectivity index (χ2v) is 9.19. The predicted octanol–water partition coefficient (Wildman–Crippen LogP) is 3.30. The molecule has 170 valence electrons. The van der Waals surface area contributed by atoms with Gasteiger partial charge in [0.15, 0.2) is 0 Å². The number of rotatable bonds is 7. The molecule has 1 atom stereocenters. The molecule has 0 radical (unpaired) electrons. The molecular weight excluding hydrogens is 424 g/mol. The highest BCUT2D eigenvalue weighted by Crippen LogP contribution is 2.25. The summed E-state index contributed by atoms with van der Waals surface area (Å²) in [6, 6.07) is 11.7. The van der Waals surface area contributed by atoms with E-state index >= 15 is 0 Å². The zero-order valence-electron chi connectivity index (χ0n) is 18.4. The average molecular weight is 455 g/mol. The van der Waals surface area contributed by atoms with E-state index in [0.29, 0.717) is 19.6 Å². The van der Waals surface area contributed by atoms with Crippen LogP contribution in [0.2, 0.25) is 5.02 Å². The molecule has 2 aromatic rings. The number of likely N-dealkylation sites (tertiary alicyclic amines) is 2. The molecule has 2 saturated heterocycles. The third kappa shape index (κ3) is 5.87. The molecule has 0 unspecified atom stereocenters. The Morgan fingerprint density at radius 2 is 1.69 bits per heavy atom. The maximum absolute atomic E-state index is 13.2. The summed E-state index contributed by atoms with van der Waals surface area (Å²) in [4.78, 5) is 34.0. The van der Waals surface area contributed by atoms with Crippen molar-refractivity contribution in [1.82, 2.24) is 20.1 Å². The van der Waals surface area contributed by atoms with Crippen LogP contribution in [0, 0.1) is 5.92 Å². The van der Waals surface area contributed by atoms with Gasteiger partial charge in [-0.3, -0.25) is 19.5 Å². The molecule has 32 heavy (non-hydrogen) atoms. The fourth-order valence-corrected chi connectivity index (χ4v) is 4.84. The summed E-state index contributed by atoms with van der Waals surface area (Å²) in [5.74, 6) is 0.314. The van der Waals surface area contributed by atoms with E-state index in [2.05, 4.69) is 15.2 Å². The maximum Gasteiger partial charge on any atom is 0.239 e. The van der Waals surface area contributed by atoms with Crippen molar-refractivity contribution in [2.24, 2.45) is 5.92 Å². The Morgan fingerprint density at radius 1 is 0.969 bits per heavy atom. The fourth-order valence-electron chi connectivity index (χ4n) is 4.72. The monoisotopic (exact) mass is 454 g/mol. The Kier molecular flexibility index (Phi) is 7.76. The molecule has 6 nitrogen and oxygen atoms in total. The van der Waals surface area contributed by atoms with Crippen molar-refractivity contribution in [1.29, 1.82) is 0 Å². The Bertz CT molecular complexity index is 898. The highest BCUT2D eigenvalue weighted by atomic mass is 35.5. The van der Waals surface area contributed by atoms with Gasteiger partial charge < -0.3 is 10.2 Å². The summed E-state index contributed by atoms with van der Waals surface area (Å²) in [6.45, 7) is 3.65. The Hall–Kier alpha value is -2.44. The first-order valence-corrected chi connectivity index (χ1v) is 11.9. The van der Waals surface area contributed by atoms with Crippen LogP contribution in [0.4, 0.5) is 0 Å². The first kappa shape index (κ1) is 22.7. The van der Waals surface area contributed by atoms with Crippen LogP contribution in [-0.4, -0.2) is 58.8 Å². The SMILES string of the molecule is O=C(NCCc1ccncc1)C1CCN(C(=O)[C@H]2CCCN2Cc2ccc(Cl)cc2)CC1. The quantitative estimate of drug-likeness (QED) is 0.697. The zero-order valence-corrected chi connectivity index (χ0v) is 19.1. The van der Waals surface area contributed by atoms with Crippen molar-refractivity contribution < 1.29 is 9.59 Å². The number of halogens is 1. The van der Waals surface area contributed by atoms with Gasteiger partial charge in [0.05, 0.1) is 6.04 Å². The first-order chi connectivity index (χ1) is 15.6. The number of benzene rings is 1. The topological polar surface area (TPSA) is 65.5 Å². The first-order valence-electron chi connectivity index (χ1n) is 11.5. The van der Waals surface area contributed by atoms with Crippen LogP contribution in [0.15, 0.2) is 48.8 Å². The summed E-state index contributed by atoms with van der Waals surface area (Å²) < 4.78 is 0. The minimum absolute atomic E-state index is 0.00904. The normalized spacial score (nSPS) is 19.8. The van der Waals surface area contributed by atoms with Crippen LogP contribution >= 0.6 is 11.6 Å². The summed E-state index contributed by atoms with van der Waals surface area (Å²) in [5, 5.41) is 3.79. The van der Waals surface area contributed by atoms with E-state index < -0.39 is 0 Å². The number of pyridine rings is 1. The molecular formula is C25H31ClN4O2. The number of hydrogen-bond donors (Lipinski definition) is 1. The number of amides is 2. The van der Waals surface area contributed by atoms with Crippen molar-refractivity contribution >= 4 is 23.4 Å². The van der Waals surface area contributed by atoms with E-state index in [9.17, 15) is 9.59 Å². The number of piperidine rings is 1. The van der Waals surface area contributed by atoms with E-state index in [0.717, 1.165) is 50.2 Å². The van der Waals surface area contributed by atoms with Gasteiger partial charge in [-0.15, -0.1) is 0 Å². The molecule has 0 saturated carbocycles. The largest absolute Gasteiger partial charge is 0.356 e. The van der Waals surface area contributed by atoms with Gasteiger partial charge in [0.25, 0.3) is 0 Å². The fraction of sp³-hybridized carbons (Fsp3) is 0.480. The Balaban J connectivity index is 1.22. The van der Waals surface area contributed by atoms with Crippen molar-refractivity contribution in [3.8, 4) is 0 Å². The molecule has 0 bridgehead atoms. The summed E-state index contributed by atoms with van der Waals surface area (Å²) in [5.41, 5.74) is 2.34. The molecule has 2 aliphatic rings. The van der Waals surface area contributed by atoms with Crippen LogP contribution in [0.3, 0.4) is 0 Å². The Labute approximate surface area is 195 Å². The third-order valence-electron chi connectivity index (χ3n) is 6.59. The minimum Gasteiger partial charge on any atom is -0.356 e. The van der Waals surface area contributed by atoms with Crippen LogP contribution in [-0.2, 0) is 22.6 Å². The summed E-state index contributed by atoms with van der Waals surface area (Å²) in [6.07, 6.45) is 7.75. The van der Waals surface area contributed by atoms with E-state index in [4.69, 9.17) is 11.6 Å². The third-order valence-corrected chi connectivity index (χ3v) is 6.84. The molecule has 0 aliphatic carbocycles. The van der Waals surface area contributed by atoms with Crippen molar-refractivity contribution in [2.75, 3.05) is 26.2 Å². The van der Waals surface area contributed by atoms with Gasteiger partial charge in [-0.2, -0.15) is 0 Å². The van der Waals surface area contributed by atoms with Gasteiger partial charge in [-0.1, -0.05) is 23.7 Å². The number of nitrogens with one attached hydrogen (secondary N) is 1. The lowest BCUT2D eigenvalue weighted by Crippen LogP contribution is -2.49. The van der Waals surface area contributed by atoms with Gasteiger partial charge in [0, 0.05) is 49.5 Å². The maximum atomic E-state index is 13.2. The lowest BCUT2D eigenvalue weighted by Gasteiger charge is -2.35. The van der Waals surface area contributed by atoms with E-state index in [-0.39, 0.29) is 23.8 Å². The highest BCUT2D eigenvalue weighted by Gasteiger charge is 2.36. The smallest absolute Gasteiger partial charge is 0.239 e. The number of carbonyl (C=O) groups excluding carboxylic acids is 2. The van der Waals surface area contributed by atoms with Crippen LogP contribution in [0.5, 0.6) is 0 Å². The van der Waals surface area contributed by atoms with Crippen molar-refractivity contribution in [3.63, 3.8) is 0 Å². The van der Waals surface area contributed by atoms with Gasteiger partial charge >= 0.3 is 0 Å². The number of carbonyl (C=O) groups is 2. The van der Waals surface area contributed by atoms with Crippen LogP contribution in [0.25, 0.3) is 0 Å². The van der Waals surface area contributed by atoms with E-state index in [1.54, 1.807) is 12.4 Å². The second kappa shape index (κ2) is 10.9. The highest BCUT2D eigenvalue weighted by molar-refractivity contribution is 6.30. The molecule has 2 aliphatic heterocycles. The van der Waals surface area contributed by atoms with Crippen LogP contribution in [0.1, 0.15) is 36.8 Å². The van der Waals surface area contributed by atoms with E-state index in [1.165, 1.54) is 11.1 Å². The van der Waals surface area contributed by atoms with Gasteiger partial charge in [0.2, 0.25) is 11.8 Å². The molecule has 1 aromatic heterocycles. The predicted molar refractivity (Wildman–Crippen MR) is 125 cm³/mol. The average Bonchev–Trinajstić information content (AvgIpc) is 3.29. The zero-order chi connectivity index (χ0) is 22.3. The lowest BCUT2D eigenvalue weighted by atomic mass is 9.95. The molecule has 7 heteroatoms. The molecule has 2 fully saturated rings. The van der Waals surface area contributed by atoms with Crippen molar-refractivity contribution in [3.05, 3.63) is 64.9 Å².